The van der Waals surface area contributed by atoms with Crippen molar-refractivity contribution in [1.29, 1.82) is 0 Å². The Labute approximate surface area is 376 Å². The third-order valence-corrected chi connectivity index (χ3v) is 12.5. The van der Waals surface area contributed by atoms with Crippen molar-refractivity contribution >= 4 is 27.3 Å². The lowest BCUT2D eigenvalue weighted by Gasteiger charge is -2.18. The van der Waals surface area contributed by atoms with Crippen LogP contribution in [0.25, 0.3) is 117 Å². The minimum absolute atomic E-state index is 0.958. The molecule has 0 N–H and O–H groups in total. The van der Waals surface area contributed by atoms with Crippen molar-refractivity contribution in [3.63, 3.8) is 0 Å². The molecule has 5 heteroatoms. The lowest BCUT2D eigenvalue weighted by Crippen LogP contribution is -1.94. The van der Waals surface area contributed by atoms with Crippen LogP contribution in [0.5, 0.6) is 0 Å². The molecule has 5 aromatic heterocycles. The highest BCUT2D eigenvalue weighted by atomic mass is 15.0. The van der Waals surface area contributed by atoms with E-state index >= 15 is 0 Å². The van der Waals surface area contributed by atoms with Crippen molar-refractivity contribution in [3.8, 4) is 89.3 Å². The van der Waals surface area contributed by atoms with E-state index in [0.717, 1.165) is 117 Å². The van der Waals surface area contributed by atoms with E-state index in [4.69, 9.17) is 4.98 Å². The van der Waals surface area contributed by atoms with Gasteiger partial charge in [0, 0.05) is 40.5 Å². The van der Waals surface area contributed by atoms with Gasteiger partial charge in [-0.25, -0.2) is 4.98 Å². The van der Waals surface area contributed by atoms with E-state index in [9.17, 15) is 0 Å². The Balaban J connectivity index is 1.04. The van der Waals surface area contributed by atoms with Gasteiger partial charge in [-0.15, -0.1) is 0 Å². The fraction of sp³-hybridized carbons (Fsp3) is 0. The average molecular weight is 830 g/mol. The molecule has 0 aliphatic heterocycles. The highest BCUT2D eigenvalue weighted by molar-refractivity contribution is 6.11. The lowest BCUT2D eigenvalue weighted by atomic mass is 9.86. The summed E-state index contributed by atoms with van der Waals surface area (Å²) >= 11 is 0. The van der Waals surface area contributed by atoms with Crippen LogP contribution in [-0.4, -0.2) is 24.3 Å². The molecule has 12 aromatic rings. The number of aromatic nitrogens is 5. The Morgan fingerprint density at radius 1 is 0.292 bits per heavy atom. The van der Waals surface area contributed by atoms with Gasteiger partial charge in [-0.2, -0.15) is 0 Å². The summed E-state index contributed by atoms with van der Waals surface area (Å²) in [5.74, 6) is 0. The number of hydrogen-bond donors (Lipinski definition) is 0. The van der Waals surface area contributed by atoms with Crippen LogP contribution in [0.3, 0.4) is 0 Å². The molecule has 65 heavy (non-hydrogen) atoms. The summed E-state index contributed by atoms with van der Waals surface area (Å²) in [5.41, 5.74) is 20.9. The van der Waals surface area contributed by atoms with Crippen LogP contribution in [0, 0.1) is 0 Å². The maximum Gasteiger partial charge on any atom is 0.0997 e. The van der Waals surface area contributed by atoms with E-state index in [1.54, 1.807) is 0 Å². The van der Waals surface area contributed by atoms with Crippen LogP contribution in [-0.2, 0) is 0 Å². The molecule has 0 bridgehead atoms. The summed E-state index contributed by atoms with van der Waals surface area (Å²) in [6.07, 6.45) is 9.38. The first-order valence-electron chi connectivity index (χ1n) is 21.8. The Kier molecular flexibility index (Phi) is 9.42. The van der Waals surface area contributed by atoms with Gasteiger partial charge in [-0.1, -0.05) is 146 Å². The van der Waals surface area contributed by atoms with Crippen molar-refractivity contribution in [3.05, 3.63) is 237 Å². The Hall–Kier alpha value is -8.80. The fourth-order valence-corrected chi connectivity index (χ4v) is 9.37. The smallest absolute Gasteiger partial charge is 0.0997 e. The SMILES string of the molecule is c1ccc(-c2ccc(-c3ccccc3-c3cc(-c4ccccc4-c4ccc(-c5ccccn5)cc4)cc(-c4ccccc4-c4ccc5c6ncccc6c6cncn6c5c4)c3)cc2)nc1. The third-order valence-electron chi connectivity index (χ3n) is 12.5. The predicted octanol–water partition coefficient (Wildman–Crippen LogP) is 15.2. The van der Waals surface area contributed by atoms with Crippen LogP contribution in [0.1, 0.15) is 0 Å². The minimum Gasteiger partial charge on any atom is -0.298 e. The normalized spacial score (nSPS) is 11.4. The Morgan fingerprint density at radius 3 is 1.20 bits per heavy atom. The summed E-state index contributed by atoms with van der Waals surface area (Å²) in [5, 5.41) is 2.18. The second-order valence-corrected chi connectivity index (χ2v) is 16.3. The van der Waals surface area contributed by atoms with E-state index < -0.39 is 0 Å². The van der Waals surface area contributed by atoms with Gasteiger partial charge in [0.25, 0.3) is 0 Å². The van der Waals surface area contributed by atoms with Crippen LogP contribution < -0.4 is 0 Å². The zero-order chi connectivity index (χ0) is 43.1. The molecule has 0 aliphatic carbocycles. The summed E-state index contributed by atoms with van der Waals surface area (Å²) in [7, 11) is 0. The van der Waals surface area contributed by atoms with Crippen molar-refractivity contribution < 1.29 is 0 Å². The first kappa shape index (κ1) is 37.9. The van der Waals surface area contributed by atoms with Gasteiger partial charge in [0.1, 0.15) is 0 Å². The molecule has 0 saturated carbocycles. The first-order valence-corrected chi connectivity index (χ1v) is 21.8. The number of imidazole rings is 1. The van der Waals surface area contributed by atoms with Gasteiger partial charge < -0.3 is 0 Å². The standard InChI is InChI=1S/C60H39N5/c1-4-15-51(48(12-1)40-21-25-42(26-22-40)56-19-7-9-31-62-56)45-34-46(52-16-5-2-13-49(52)41-23-27-43(28-24-41)57-20-8-10-32-63-57)36-47(35-45)53-17-6-3-14-50(53)44-29-30-55-58(37-44)65-39-61-38-59(65)54-18-11-33-64-60(54)55/h1-39H. The quantitative estimate of drug-likeness (QED) is 0.143. The zero-order valence-corrected chi connectivity index (χ0v) is 35.3. The number of pyridine rings is 4. The maximum atomic E-state index is 4.83. The van der Waals surface area contributed by atoms with E-state index in [2.05, 4.69) is 195 Å². The summed E-state index contributed by atoms with van der Waals surface area (Å²) in [4.78, 5) is 18.6. The topological polar surface area (TPSA) is 56.0 Å². The van der Waals surface area contributed by atoms with Crippen LogP contribution in [0.15, 0.2) is 237 Å². The molecule has 304 valence electrons. The Morgan fingerprint density at radius 2 is 0.708 bits per heavy atom. The molecule has 7 aromatic carbocycles. The third kappa shape index (κ3) is 6.93. The van der Waals surface area contributed by atoms with E-state index in [1.165, 1.54) is 0 Å². The average Bonchev–Trinajstić information content (AvgIpc) is 3.90. The number of benzene rings is 7. The number of fused-ring (bicyclic) bond motifs is 6. The number of nitrogens with zero attached hydrogens (tertiary/aromatic N) is 5. The largest absolute Gasteiger partial charge is 0.298 e. The lowest BCUT2D eigenvalue weighted by molar-refractivity contribution is 1.21. The van der Waals surface area contributed by atoms with Gasteiger partial charge in [-0.3, -0.25) is 19.4 Å². The molecule has 0 fully saturated rings. The molecule has 0 saturated heterocycles. The molecule has 12 rings (SSSR count). The van der Waals surface area contributed by atoms with Crippen molar-refractivity contribution in [1.82, 2.24) is 24.3 Å². The van der Waals surface area contributed by atoms with Crippen LogP contribution in [0.4, 0.5) is 0 Å². The molecule has 0 spiro atoms. The molecule has 0 aliphatic rings. The van der Waals surface area contributed by atoms with Gasteiger partial charge >= 0.3 is 0 Å². The summed E-state index contributed by atoms with van der Waals surface area (Å²) < 4.78 is 2.18. The van der Waals surface area contributed by atoms with Gasteiger partial charge in [0.15, 0.2) is 0 Å². The summed E-state index contributed by atoms with van der Waals surface area (Å²) in [6.45, 7) is 0. The second-order valence-electron chi connectivity index (χ2n) is 16.3. The van der Waals surface area contributed by atoms with Gasteiger partial charge in [0.2, 0.25) is 0 Å². The van der Waals surface area contributed by atoms with Gasteiger partial charge in [0.05, 0.1) is 40.5 Å². The summed E-state index contributed by atoms with van der Waals surface area (Å²) in [6, 6.07) is 73.8. The van der Waals surface area contributed by atoms with Crippen molar-refractivity contribution in [2.45, 2.75) is 0 Å². The van der Waals surface area contributed by atoms with Crippen LogP contribution >= 0.6 is 0 Å². The Bertz CT molecular complexity index is 3540. The predicted molar refractivity (Wildman–Crippen MR) is 267 cm³/mol. The number of hydrogen-bond acceptors (Lipinski definition) is 4. The number of rotatable bonds is 8. The van der Waals surface area contributed by atoms with Gasteiger partial charge in [-0.05, 0) is 127 Å². The van der Waals surface area contributed by atoms with Crippen LogP contribution in [0.2, 0.25) is 0 Å². The highest BCUT2D eigenvalue weighted by Crippen LogP contribution is 2.43. The molecular weight excluding hydrogens is 791 g/mol. The molecule has 5 heterocycles. The molecule has 0 amide bonds. The van der Waals surface area contributed by atoms with Crippen molar-refractivity contribution in [2.24, 2.45) is 0 Å². The molecule has 5 nitrogen and oxygen atoms in total. The molecule has 0 radical (unpaired) electrons. The first-order chi connectivity index (χ1) is 32.2. The monoisotopic (exact) mass is 829 g/mol. The van der Waals surface area contributed by atoms with E-state index in [-0.39, 0.29) is 0 Å². The maximum absolute atomic E-state index is 4.83. The van der Waals surface area contributed by atoms with E-state index in [1.807, 2.05) is 61.4 Å². The van der Waals surface area contributed by atoms with E-state index in [0.29, 0.717) is 0 Å². The molecule has 0 atom stereocenters. The second kappa shape index (κ2) is 16.2. The minimum atomic E-state index is 0.958. The molecular formula is C60H39N5. The zero-order valence-electron chi connectivity index (χ0n) is 35.3. The van der Waals surface area contributed by atoms with Crippen molar-refractivity contribution in [2.75, 3.05) is 0 Å². The highest BCUT2D eigenvalue weighted by Gasteiger charge is 2.18. The molecule has 0 unspecified atom stereocenters. The fourth-order valence-electron chi connectivity index (χ4n) is 9.37.